The lowest BCUT2D eigenvalue weighted by Gasteiger charge is -2.44. The van der Waals surface area contributed by atoms with Crippen LogP contribution in [0.2, 0.25) is 0 Å². The fourth-order valence-corrected chi connectivity index (χ4v) is 9.15. The molecular weight excluding hydrogens is 312 g/mol. The molecule has 148 valence electrons. The van der Waals surface area contributed by atoms with E-state index in [4.69, 9.17) is 0 Å². The van der Waals surface area contributed by atoms with Gasteiger partial charge in [0.1, 0.15) is 0 Å². The molecule has 5 aliphatic rings. The van der Waals surface area contributed by atoms with Gasteiger partial charge in [-0.05, 0) is 111 Å². The van der Waals surface area contributed by atoms with Gasteiger partial charge in [0, 0.05) is 0 Å². The van der Waals surface area contributed by atoms with Crippen LogP contribution in [0.3, 0.4) is 0 Å². The third-order valence-electron chi connectivity index (χ3n) is 10.2. The highest BCUT2D eigenvalue weighted by molar-refractivity contribution is 4.99. The summed E-state index contributed by atoms with van der Waals surface area (Å²) >= 11 is 0. The van der Waals surface area contributed by atoms with Crippen LogP contribution in [-0.2, 0) is 0 Å². The van der Waals surface area contributed by atoms with Crippen LogP contribution in [0.4, 0.5) is 0 Å². The first-order chi connectivity index (χ1) is 12.7. The van der Waals surface area contributed by atoms with Crippen LogP contribution >= 0.6 is 0 Å². The van der Waals surface area contributed by atoms with Crippen molar-refractivity contribution in [3.63, 3.8) is 0 Å². The van der Waals surface area contributed by atoms with E-state index in [-0.39, 0.29) is 0 Å². The molecule has 5 fully saturated rings. The molecule has 10 unspecified atom stereocenters. The predicted octanol–water partition coefficient (Wildman–Crippen LogP) is 7.72. The largest absolute Gasteiger partial charge is 0.0625 e. The predicted molar refractivity (Wildman–Crippen MR) is 111 cm³/mol. The zero-order chi connectivity index (χ0) is 17.7. The summed E-state index contributed by atoms with van der Waals surface area (Å²) in [4.78, 5) is 0. The molecule has 0 heteroatoms. The summed E-state index contributed by atoms with van der Waals surface area (Å²) in [6, 6.07) is 0. The van der Waals surface area contributed by atoms with Gasteiger partial charge >= 0.3 is 0 Å². The van der Waals surface area contributed by atoms with Crippen molar-refractivity contribution in [2.75, 3.05) is 0 Å². The Balaban J connectivity index is 1.48. The molecule has 0 aromatic rings. The van der Waals surface area contributed by atoms with E-state index in [2.05, 4.69) is 13.8 Å². The van der Waals surface area contributed by atoms with Crippen molar-refractivity contribution in [1.29, 1.82) is 0 Å². The Hall–Kier alpha value is 0. The second-order valence-corrected chi connectivity index (χ2v) is 12.0. The van der Waals surface area contributed by atoms with E-state index in [9.17, 15) is 0 Å². The third kappa shape index (κ3) is 3.41. The van der Waals surface area contributed by atoms with Gasteiger partial charge in [-0.2, -0.15) is 0 Å². The topological polar surface area (TPSA) is 0 Å². The highest BCUT2D eigenvalue weighted by Gasteiger charge is 2.49. The Bertz CT molecular complexity index is 436. The standard InChI is InChI=1S/C26H44/c1-17-3-9-21(13-17)25-23-11-7-19(15-23)5-6-20-8-12-24(16-20)26(25)22-10-4-18(2)14-22/h17-26H,3-16H2,1-2H3. The van der Waals surface area contributed by atoms with Crippen molar-refractivity contribution in [3.8, 4) is 0 Å². The van der Waals surface area contributed by atoms with Gasteiger partial charge in [-0.3, -0.25) is 0 Å². The van der Waals surface area contributed by atoms with Gasteiger partial charge in [0.25, 0.3) is 0 Å². The van der Waals surface area contributed by atoms with Crippen LogP contribution in [-0.4, -0.2) is 0 Å². The molecule has 0 N–H and O–H groups in total. The Morgan fingerprint density at radius 3 is 1.12 bits per heavy atom. The lowest BCUT2D eigenvalue weighted by atomic mass is 9.61. The van der Waals surface area contributed by atoms with E-state index in [1.54, 1.807) is 89.9 Å². The van der Waals surface area contributed by atoms with Crippen LogP contribution in [0.5, 0.6) is 0 Å². The molecular formula is C26H44. The number of hydrogen-bond donors (Lipinski definition) is 0. The average Bonchev–Trinajstić information content (AvgIpc) is 3.38. The Morgan fingerprint density at radius 1 is 0.385 bits per heavy atom. The van der Waals surface area contributed by atoms with Gasteiger partial charge in [0.05, 0.1) is 0 Å². The van der Waals surface area contributed by atoms with Crippen LogP contribution in [0.1, 0.15) is 104 Å². The van der Waals surface area contributed by atoms with E-state index in [1.165, 1.54) is 0 Å². The molecule has 0 aliphatic heterocycles. The summed E-state index contributed by atoms with van der Waals surface area (Å²) in [5, 5.41) is 0. The number of hydrogen-bond acceptors (Lipinski definition) is 0. The van der Waals surface area contributed by atoms with E-state index in [1.807, 2.05) is 0 Å². The molecule has 5 saturated carbocycles. The molecule has 0 nitrogen and oxygen atoms in total. The third-order valence-corrected chi connectivity index (χ3v) is 10.2. The normalized spacial score (nSPS) is 54.7. The molecule has 10 atom stereocenters. The van der Waals surface area contributed by atoms with Gasteiger partial charge in [0.2, 0.25) is 0 Å². The van der Waals surface area contributed by atoms with Crippen molar-refractivity contribution in [2.45, 2.75) is 104 Å². The molecule has 0 amide bonds. The minimum Gasteiger partial charge on any atom is -0.0625 e. The van der Waals surface area contributed by atoms with Gasteiger partial charge < -0.3 is 0 Å². The zero-order valence-corrected chi connectivity index (χ0v) is 17.7. The number of fused-ring (bicyclic) bond motifs is 4. The SMILES string of the molecule is CC1CCC(C2C3CCC(CCC4CCC(C4)C2C2CCC(C)C2)C3)C1. The van der Waals surface area contributed by atoms with E-state index < -0.39 is 0 Å². The lowest BCUT2D eigenvalue weighted by molar-refractivity contribution is 0.0487. The van der Waals surface area contributed by atoms with Crippen LogP contribution in [0.25, 0.3) is 0 Å². The maximum absolute atomic E-state index is 2.55. The van der Waals surface area contributed by atoms with Gasteiger partial charge in [0.15, 0.2) is 0 Å². The van der Waals surface area contributed by atoms with E-state index in [0.717, 1.165) is 59.2 Å². The Morgan fingerprint density at radius 2 is 0.731 bits per heavy atom. The first kappa shape index (κ1) is 18.1. The molecule has 0 aromatic carbocycles. The lowest BCUT2D eigenvalue weighted by Crippen LogP contribution is -2.37. The van der Waals surface area contributed by atoms with Crippen LogP contribution in [0, 0.1) is 59.2 Å². The van der Waals surface area contributed by atoms with E-state index in [0.29, 0.717) is 0 Å². The fraction of sp³-hybridized carbons (Fsp3) is 1.00. The van der Waals surface area contributed by atoms with Crippen LogP contribution in [0.15, 0.2) is 0 Å². The minimum atomic E-state index is 1.02. The fourth-order valence-electron chi connectivity index (χ4n) is 9.15. The summed E-state index contributed by atoms with van der Waals surface area (Å²) in [6.45, 7) is 5.10. The second kappa shape index (κ2) is 7.44. The molecule has 0 aromatic heterocycles. The van der Waals surface area contributed by atoms with Crippen molar-refractivity contribution >= 4 is 0 Å². The minimum absolute atomic E-state index is 1.02. The quantitative estimate of drug-likeness (QED) is 0.475. The molecule has 0 heterocycles. The maximum atomic E-state index is 2.55. The summed E-state index contributed by atoms with van der Waals surface area (Å²) in [5.41, 5.74) is 0. The highest BCUT2D eigenvalue weighted by atomic mass is 14.5. The monoisotopic (exact) mass is 356 g/mol. The average molecular weight is 357 g/mol. The summed E-state index contributed by atoms with van der Waals surface area (Å²) in [5.74, 6) is 11.0. The first-order valence-electron chi connectivity index (χ1n) is 12.7. The Kier molecular flexibility index (Phi) is 5.17. The maximum Gasteiger partial charge on any atom is -0.0324 e. The van der Waals surface area contributed by atoms with Crippen molar-refractivity contribution < 1.29 is 0 Å². The van der Waals surface area contributed by atoms with Crippen molar-refractivity contribution in [1.82, 2.24) is 0 Å². The smallest absolute Gasteiger partial charge is 0.0324 e. The van der Waals surface area contributed by atoms with Crippen molar-refractivity contribution in [2.24, 2.45) is 59.2 Å². The zero-order valence-electron chi connectivity index (χ0n) is 17.7. The van der Waals surface area contributed by atoms with Crippen LogP contribution < -0.4 is 0 Å². The first-order valence-corrected chi connectivity index (χ1v) is 12.7. The second-order valence-electron chi connectivity index (χ2n) is 12.0. The van der Waals surface area contributed by atoms with E-state index >= 15 is 0 Å². The summed E-state index contributed by atoms with van der Waals surface area (Å²) < 4.78 is 0. The van der Waals surface area contributed by atoms with Gasteiger partial charge in [-0.15, -0.1) is 0 Å². The summed E-state index contributed by atoms with van der Waals surface area (Å²) in [6.07, 6.45) is 22.3. The molecule has 0 spiro atoms. The summed E-state index contributed by atoms with van der Waals surface area (Å²) in [7, 11) is 0. The van der Waals surface area contributed by atoms with Gasteiger partial charge in [-0.1, -0.05) is 52.4 Å². The Labute approximate surface area is 163 Å². The van der Waals surface area contributed by atoms with Crippen molar-refractivity contribution in [3.05, 3.63) is 0 Å². The van der Waals surface area contributed by atoms with Gasteiger partial charge in [-0.25, -0.2) is 0 Å². The molecule has 0 radical (unpaired) electrons. The molecule has 26 heavy (non-hydrogen) atoms. The number of rotatable bonds is 2. The molecule has 5 aliphatic carbocycles. The molecule has 0 saturated heterocycles. The molecule has 5 rings (SSSR count). The highest BCUT2D eigenvalue weighted by Crippen LogP contribution is 2.58. The molecule has 4 bridgehead atoms.